The van der Waals surface area contributed by atoms with Crippen molar-refractivity contribution < 1.29 is 8.95 Å². The Morgan fingerprint density at radius 3 is 2.75 bits per heavy atom. The summed E-state index contributed by atoms with van der Waals surface area (Å²) >= 11 is 0. The lowest BCUT2D eigenvalue weighted by Crippen LogP contribution is -2.39. The van der Waals surface area contributed by atoms with Gasteiger partial charge in [0.1, 0.15) is 0 Å². The molecule has 0 aromatic rings. The Morgan fingerprint density at radius 1 is 1.31 bits per heavy atom. The second kappa shape index (κ2) is 5.61. The molecular formula is C12H23NO2S. The van der Waals surface area contributed by atoms with Crippen molar-refractivity contribution in [2.24, 2.45) is 0 Å². The molecule has 16 heavy (non-hydrogen) atoms. The first kappa shape index (κ1) is 12.5. The standard InChI is InChI=1S/C12H23NO2S/c1-9-12(6-7-15-9)16(14)11-5-3-4-10(8-11)13-2/h9-13H,3-8H2,1-2H3. The molecule has 0 radical (unpaired) electrons. The first-order valence-corrected chi connectivity index (χ1v) is 7.68. The minimum Gasteiger partial charge on any atom is -0.377 e. The van der Waals surface area contributed by atoms with Gasteiger partial charge in [-0.15, -0.1) is 0 Å². The zero-order valence-electron chi connectivity index (χ0n) is 10.3. The van der Waals surface area contributed by atoms with Gasteiger partial charge in [-0.3, -0.25) is 4.21 Å². The van der Waals surface area contributed by atoms with Crippen LogP contribution in [-0.4, -0.2) is 40.5 Å². The lowest BCUT2D eigenvalue weighted by atomic mass is 9.95. The molecule has 0 bridgehead atoms. The van der Waals surface area contributed by atoms with Crippen LogP contribution in [-0.2, 0) is 15.5 Å². The highest BCUT2D eigenvalue weighted by atomic mass is 32.2. The molecule has 5 unspecified atom stereocenters. The van der Waals surface area contributed by atoms with Crippen LogP contribution >= 0.6 is 0 Å². The van der Waals surface area contributed by atoms with Crippen molar-refractivity contribution in [3.05, 3.63) is 0 Å². The van der Waals surface area contributed by atoms with Crippen LogP contribution in [0, 0.1) is 0 Å². The summed E-state index contributed by atoms with van der Waals surface area (Å²) in [5.74, 6) is 0. The summed E-state index contributed by atoms with van der Waals surface area (Å²) in [4.78, 5) is 0. The maximum atomic E-state index is 12.5. The van der Waals surface area contributed by atoms with Gasteiger partial charge < -0.3 is 10.1 Å². The Morgan fingerprint density at radius 2 is 2.12 bits per heavy atom. The molecule has 0 aromatic carbocycles. The fourth-order valence-corrected chi connectivity index (χ4v) is 4.98. The largest absolute Gasteiger partial charge is 0.377 e. The van der Waals surface area contributed by atoms with E-state index in [1.54, 1.807) is 0 Å². The van der Waals surface area contributed by atoms with Crippen LogP contribution in [0.2, 0.25) is 0 Å². The van der Waals surface area contributed by atoms with E-state index in [2.05, 4.69) is 12.2 Å². The van der Waals surface area contributed by atoms with Gasteiger partial charge in [-0.25, -0.2) is 0 Å². The van der Waals surface area contributed by atoms with Crippen molar-refractivity contribution >= 4 is 10.8 Å². The van der Waals surface area contributed by atoms with Crippen LogP contribution in [0.4, 0.5) is 0 Å². The van der Waals surface area contributed by atoms with Gasteiger partial charge in [0.2, 0.25) is 0 Å². The molecule has 1 saturated carbocycles. The molecule has 1 aliphatic heterocycles. The summed E-state index contributed by atoms with van der Waals surface area (Å²) < 4.78 is 18.0. The molecule has 0 aromatic heterocycles. The molecule has 3 nitrogen and oxygen atoms in total. The third kappa shape index (κ3) is 2.66. The van der Waals surface area contributed by atoms with Gasteiger partial charge in [-0.05, 0) is 39.7 Å². The molecule has 1 aliphatic carbocycles. The number of hydrogen-bond donors (Lipinski definition) is 1. The summed E-state index contributed by atoms with van der Waals surface area (Å²) in [6.45, 7) is 2.85. The molecule has 2 aliphatic rings. The van der Waals surface area contributed by atoms with Crippen LogP contribution in [0.15, 0.2) is 0 Å². The Hall–Kier alpha value is 0.0700. The average molecular weight is 245 g/mol. The van der Waals surface area contributed by atoms with Crippen LogP contribution in [0.25, 0.3) is 0 Å². The Bertz CT molecular complexity index is 259. The molecule has 1 heterocycles. The third-order valence-electron chi connectivity index (χ3n) is 3.97. The highest BCUT2D eigenvalue weighted by Crippen LogP contribution is 2.29. The SMILES string of the molecule is CNC1CCCC(S(=O)C2CCOC2C)C1. The van der Waals surface area contributed by atoms with Crippen molar-refractivity contribution in [1.29, 1.82) is 0 Å². The van der Waals surface area contributed by atoms with Crippen molar-refractivity contribution in [2.75, 3.05) is 13.7 Å². The normalized spacial score (nSPS) is 42.1. The monoisotopic (exact) mass is 245 g/mol. The van der Waals surface area contributed by atoms with Crippen molar-refractivity contribution in [3.63, 3.8) is 0 Å². The van der Waals surface area contributed by atoms with Gasteiger partial charge in [0, 0.05) is 28.7 Å². The van der Waals surface area contributed by atoms with Gasteiger partial charge in [0.25, 0.3) is 0 Å². The smallest absolute Gasteiger partial charge is 0.0691 e. The third-order valence-corrected chi connectivity index (χ3v) is 6.27. The fraction of sp³-hybridized carbons (Fsp3) is 1.00. The summed E-state index contributed by atoms with van der Waals surface area (Å²) in [6, 6.07) is 0.570. The van der Waals surface area contributed by atoms with Gasteiger partial charge in [0.15, 0.2) is 0 Å². The van der Waals surface area contributed by atoms with E-state index in [1.165, 1.54) is 12.8 Å². The van der Waals surface area contributed by atoms with Gasteiger partial charge in [-0.2, -0.15) is 0 Å². The lowest BCUT2D eigenvalue weighted by molar-refractivity contribution is 0.126. The van der Waals surface area contributed by atoms with Gasteiger partial charge in [-0.1, -0.05) is 6.42 Å². The highest BCUT2D eigenvalue weighted by molar-refractivity contribution is 7.86. The topological polar surface area (TPSA) is 38.3 Å². The van der Waals surface area contributed by atoms with Gasteiger partial charge in [0.05, 0.1) is 11.4 Å². The number of ether oxygens (including phenoxy) is 1. The Balaban J connectivity index is 1.93. The van der Waals surface area contributed by atoms with E-state index < -0.39 is 10.8 Å². The van der Waals surface area contributed by atoms with Crippen LogP contribution in [0.3, 0.4) is 0 Å². The molecule has 4 heteroatoms. The summed E-state index contributed by atoms with van der Waals surface area (Å²) in [5.41, 5.74) is 0. The lowest BCUT2D eigenvalue weighted by Gasteiger charge is -2.30. The maximum Gasteiger partial charge on any atom is 0.0691 e. The highest BCUT2D eigenvalue weighted by Gasteiger charge is 2.35. The van der Waals surface area contributed by atoms with E-state index >= 15 is 0 Å². The molecule has 0 spiro atoms. The minimum atomic E-state index is -0.699. The zero-order valence-corrected chi connectivity index (χ0v) is 11.1. The van der Waals surface area contributed by atoms with E-state index in [9.17, 15) is 4.21 Å². The van der Waals surface area contributed by atoms with Crippen LogP contribution < -0.4 is 5.32 Å². The van der Waals surface area contributed by atoms with Crippen molar-refractivity contribution in [1.82, 2.24) is 5.32 Å². The second-order valence-corrected chi connectivity index (χ2v) is 6.94. The van der Waals surface area contributed by atoms with E-state index in [0.717, 1.165) is 25.9 Å². The minimum absolute atomic E-state index is 0.191. The Kier molecular flexibility index (Phi) is 4.39. The molecular weight excluding hydrogens is 222 g/mol. The number of hydrogen-bond acceptors (Lipinski definition) is 3. The molecule has 0 amide bonds. The number of rotatable bonds is 3. The molecule has 2 fully saturated rings. The predicted molar refractivity (Wildman–Crippen MR) is 67.1 cm³/mol. The van der Waals surface area contributed by atoms with E-state index in [4.69, 9.17) is 4.74 Å². The molecule has 1 saturated heterocycles. The summed E-state index contributed by atoms with van der Waals surface area (Å²) in [6.07, 6.45) is 5.83. The van der Waals surface area contributed by atoms with Gasteiger partial charge >= 0.3 is 0 Å². The summed E-state index contributed by atoms with van der Waals surface area (Å²) in [7, 11) is 1.31. The van der Waals surface area contributed by atoms with E-state index in [0.29, 0.717) is 11.3 Å². The van der Waals surface area contributed by atoms with E-state index in [-0.39, 0.29) is 11.4 Å². The van der Waals surface area contributed by atoms with Crippen LogP contribution in [0.1, 0.15) is 39.0 Å². The van der Waals surface area contributed by atoms with Crippen LogP contribution in [0.5, 0.6) is 0 Å². The first-order valence-electron chi connectivity index (χ1n) is 6.40. The first-order chi connectivity index (χ1) is 7.72. The molecule has 94 valence electrons. The quantitative estimate of drug-likeness (QED) is 0.818. The number of nitrogens with one attached hydrogen (secondary N) is 1. The molecule has 1 N–H and O–H groups in total. The Labute approximate surface area is 101 Å². The molecule has 2 rings (SSSR count). The van der Waals surface area contributed by atoms with E-state index in [1.807, 2.05) is 7.05 Å². The fourth-order valence-electron chi connectivity index (χ4n) is 2.88. The summed E-state index contributed by atoms with van der Waals surface area (Å²) in [5, 5.41) is 3.99. The predicted octanol–water partition coefficient (Wildman–Crippen LogP) is 1.44. The average Bonchev–Trinajstić information content (AvgIpc) is 2.74. The van der Waals surface area contributed by atoms with Crippen molar-refractivity contribution in [2.45, 2.75) is 61.7 Å². The molecule has 5 atom stereocenters. The van der Waals surface area contributed by atoms with Crippen molar-refractivity contribution in [3.8, 4) is 0 Å². The zero-order chi connectivity index (χ0) is 11.5. The second-order valence-electron chi connectivity index (χ2n) is 5.01. The maximum absolute atomic E-state index is 12.5.